The van der Waals surface area contributed by atoms with Gasteiger partial charge in [0.25, 0.3) is 11.5 Å². The van der Waals surface area contributed by atoms with Crippen LogP contribution in [0.5, 0.6) is 0 Å². The Morgan fingerprint density at radius 2 is 2.09 bits per heavy atom. The number of amides is 2. The maximum absolute atomic E-state index is 14.6. The van der Waals surface area contributed by atoms with E-state index in [1.165, 1.54) is 6.07 Å². The van der Waals surface area contributed by atoms with Gasteiger partial charge >= 0.3 is 0 Å². The lowest BCUT2D eigenvalue weighted by Crippen LogP contribution is -2.51. The van der Waals surface area contributed by atoms with Crippen molar-refractivity contribution in [2.45, 2.75) is 44.2 Å². The Morgan fingerprint density at radius 3 is 2.86 bits per heavy atom. The number of halogens is 1. The van der Waals surface area contributed by atoms with Gasteiger partial charge in [-0.3, -0.25) is 19.7 Å². The number of aromatic nitrogens is 2. The van der Waals surface area contributed by atoms with Crippen molar-refractivity contribution in [2.24, 2.45) is 0 Å². The number of rotatable bonds is 5. The Morgan fingerprint density at radius 1 is 1.26 bits per heavy atom. The lowest BCUT2D eigenvalue weighted by Gasteiger charge is -2.33. The second-order valence-corrected chi connectivity index (χ2v) is 10.2. The van der Waals surface area contributed by atoms with Crippen molar-refractivity contribution in [1.29, 1.82) is 0 Å². The molecule has 1 aromatic heterocycles. The van der Waals surface area contributed by atoms with Crippen molar-refractivity contribution in [3.8, 4) is 0 Å². The molecule has 3 aliphatic rings. The van der Waals surface area contributed by atoms with Crippen molar-refractivity contribution in [3.63, 3.8) is 0 Å². The third kappa shape index (κ3) is 5.20. The maximum Gasteiger partial charge on any atom is 0.269 e. The van der Waals surface area contributed by atoms with Crippen LogP contribution in [0, 0.1) is 5.82 Å². The number of hydrogen-bond acceptors (Lipinski definition) is 7. The van der Waals surface area contributed by atoms with Crippen LogP contribution in [0.25, 0.3) is 0 Å². The second-order valence-electron chi connectivity index (χ2n) is 9.22. The standard InChI is InChI=1S/C24H29FN6O3S/c25-18-4-3-14(11-19-21-16(2-1-7-26-21)23(33)30-29-19)10-17(18)22(32)28-15-5-8-31(9-6-15)24(34)20-12-35-13-27-20/h3-4,10,15,20,26-27H,1-2,5-9,11-13H2,(H,28,32)(H,30,33)/t20-/m0/s1. The number of hydrogen-bond donors (Lipinski definition) is 4. The smallest absolute Gasteiger partial charge is 0.269 e. The summed E-state index contributed by atoms with van der Waals surface area (Å²) in [6, 6.07) is 4.24. The number of fused-ring (bicyclic) bond motifs is 1. The molecule has 35 heavy (non-hydrogen) atoms. The summed E-state index contributed by atoms with van der Waals surface area (Å²) in [4.78, 5) is 39.4. The van der Waals surface area contributed by atoms with Crippen molar-refractivity contribution in [1.82, 2.24) is 25.7 Å². The molecule has 0 aliphatic carbocycles. The predicted octanol–water partition coefficient (Wildman–Crippen LogP) is 1.24. The van der Waals surface area contributed by atoms with Crippen LogP contribution >= 0.6 is 11.8 Å². The highest BCUT2D eigenvalue weighted by atomic mass is 32.2. The van der Waals surface area contributed by atoms with Crippen LogP contribution in [0.1, 0.15) is 46.4 Å². The fourth-order valence-corrected chi connectivity index (χ4v) is 5.85. The molecule has 3 aliphatic heterocycles. The van der Waals surface area contributed by atoms with Gasteiger partial charge in [0.2, 0.25) is 5.91 Å². The van der Waals surface area contributed by atoms with Crippen molar-refractivity contribution >= 4 is 29.3 Å². The molecule has 2 fully saturated rings. The molecule has 5 rings (SSSR count). The Labute approximate surface area is 206 Å². The number of carbonyl (C=O) groups excluding carboxylic acids is 2. The highest BCUT2D eigenvalue weighted by molar-refractivity contribution is 7.99. The van der Waals surface area contributed by atoms with Crippen LogP contribution in [-0.4, -0.2) is 70.3 Å². The second kappa shape index (κ2) is 10.4. The number of nitrogens with zero attached hydrogens (tertiary/aromatic N) is 2. The number of aromatic amines is 1. The first kappa shape index (κ1) is 23.8. The molecule has 1 aromatic carbocycles. The summed E-state index contributed by atoms with van der Waals surface area (Å²) in [6.45, 7) is 1.92. The van der Waals surface area contributed by atoms with E-state index in [1.807, 2.05) is 4.90 Å². The van der Waals surface area contributed by atoms with E-state index in [1.54, 1.807) is 23.9 Å². The summed E-state index contributed by atoms with van der Waals surface area (Å²) in [5.74, 6) is 0.658. The summed E-state index contributed by atoms with van der Waals surface area (Å²) in [5.41, 5.74) is 2.62. The first-order valence-electron chi connectivity index (χ1n) is 12.0. The normalized spacial score (nSPS) is 20.3. The van der Waals surface area contributed by atoms with E-state index >= 15 is 0 Å². The molecule has 0 spiro atoms. The molecule has 2 aromatic rings. The third-order valence-corrected chi connectivity index (χ3v) is 7.81. The monoisotopic (exact) mass is 500 g/mol. The number of carbonyl (C=O) groups is 2. The Kier molecular flexibility index (Phi) is 7.05. The van der Waals surface area contributed by atoms with Crippen LogP contribution in [0.4, 0.5) is 10.1 Å². The Hall–Kier alpha value is -2.92. The van der Waals surface area contributed by atoms with Gasteiger partial charge in [-0.2, -0.15) is 5.10 Å². The number of benzene rings is 1. The van der Waals surface area contributed by atoms with Gasteiger partial charge in [-0.1, -0.05) is 6.07 Å². The minimum Gasteiger partial charge on any atom is -0.383 e. The van der Waals surface area contributed by atoms with E-state index in [0.717, 1.165) is 35.8 Å². The molecule has 2 amide bonds. The highest BCUT2D eigenvalue weighted by Crippen LogP contribution is 2.24. The first-order valence-corrected chi connectivity index (χ1v) is 13.2. The first-order chi connectivity index (χ1) is 17.0. The number of piperidine rings is 1. The van der Waals surface area contributed by atoms with Gasteiger partial charge in [0.15, 0.2) is 0 Å². The fourth-order valence-electron chi connectivity index (χ4n) is 4.91. The average Bonchev–Trinajstić information content (AvgIpc) is 3.42. The molecule has 0 unspecified atom stereocenters. The molecule has 9 nitrogen and oxygen atoms in total. The molecule has 1 atom stereocenters. The molecule has 4 heterocycles. The van der Waals surface area contributed by atoms with Gasteiger partial charge in [-0.15, -0.1) is 11.8 Å². The van der Waals surface area contributed by atoms with Crippen LogP contribution < -0.4 is 21.5 Å². The summed E-state index contributed by atoms with van der Waals surface area (Å²) < 4.78 is 14.6. The molecule has 11 heteroatoms. The minimum absolute atomic E-state index is 0.0144. The number of anilines is 1. The maximum atomic E-state index is 14.6. The third-order valence-electron chi connectivity index (χ3n) is 6.87. The van der Waals surface area contributed by atoms with Crippen LogP contribution in [0.3, 0.4) is 0 Å². The van der Waals surface area contributed by atoms with Gasteiger partial charge in [0.05, 0.1) is 23.0 Å². The van der Waals surface area contributed by atoms with Crippen molar-refractivity contribution < 1.29 is 14.0 Å². The summed E-state index contributed by atoms with van der Waals surface area (Å²) >= 11 is 1.72. The lowest BCUT2D eigenvalue weighted by molar-refractivity contribution is -0.133. The number of thioether (sulfide) groups is 1. The summed E-state index contributed by atoms with van der Waals surface area (Å²) in [7, 11) is 0. The molecular weight excluding hydrogens is 471 g/mol. The largest absolute Gasteiger partial charge is 0.383 e. The lowest BCUT2D eigenvalue weighted by atomic mass is 9.99. The molecule has 0 saturated carbocycles. The van der Waals surface area contributed by atoms with Gasteiger partial charge in [-0.05, 0) is 43.4 Å². The molecule has 4 N–H and O–H groups in total. The predicted molar refractivity (Wildman–Crippen MR) is 132 cm³/mol. The van der Waals surface area contributed by atoms with Crippen LogP contribution in [0.15, 0.2) is 23.0 Å². The van der Waals surface area contributed by atoms with Gasteiger partial charge in [0.1, 0.15) is 5.82 Å². The quantitative estimate of drug-likeness (QED) is 0.488. The van der Waals surface area contributed by atoms with Crippen LogP contribution in [0.2, 0.25) is 0 Å². The Balaban J connectivity index is 1.23. The van der Waals surface area contributed by atoms with E-state index in [4.69, 9.17) is 0 Å². The van der Waals surface area contributed by atoms with Gasteiger partial charge in [-0.25, -0.2) is 9.49 Å². The molecular formula is C24H29FN6O3S. The fraction of sp³-hybridized carbons (Fsp3) is 0.500. The average molecular weight is 501 g/mol. The van der Waals surface area contributed by atoms with Gasteiger partial charge < -0.3 is 15.5 Å². The van der Waals surface area contributed by atoms with E-state index in [-0.39, 0.29) is 29.1 Å². The van der Waals surface area contributed by atoms with E-state index in [9.17, 15) is 18.8 Å². The van der Waals surface area contributed by atoms with Crippen LogP contribution in [-0.2, 0) is 17.6 Å². The minimum atomic E-state index is -0.585. The summed E-state index contributed by atoms with van der Waals surface area (Å²) in [5, 5.41) is 16.1. The van der Waals surface area contributed by atoms with Crippen molar-refractivity contribution in [2.75, 3.05) is 36.6 Å². The number of likely N-dealkylation sites (tertiary alicyclic amines) is 1. The van der Waals surface area contributed by atoms with E-state index < -0.39 is 11.7 Å². The summed E-state index contributed by atoms with van der Waals surface area (Å²) in [6.07, 6.45) is 3.20. The van der Waals surface area contributed by atoms with Gasteiger partial charge in [0, 0.05) is 49.3 Å². The SMILES string of the molecule is O=C(NC1CCN(C(=O)[C@@H]2CSCN2)CC1)c1cc(Cc2n[nH]c(=O)c3c2NCCC3)ccc1F. The van der Waals surface area contributed by atoms with E-state index in [0.29, 0.717) is 50.0 Å². The number of H-pyrrole nitrogens is 1. The van der Waals surface area contributed by atoms with Crippen molar-refractivity contribution in [3.05, 3.63) is 56.8 Å². The zero-order valence-electron chi connectivity index (χ0n) is 19.4. The number of nitrogens with one attached hydrogen (secondary N) is 4. The Bertz CT molecular complexity index is 1170. The molecule has 186 valence electrons. The zero-order valence-corrected chi connectivity index (χ0v) is 20.2. The highest BCUT2D eigenvalue weighted by Gasteiger charge is 2.31. The molecule has 0 radical (unpaired) electrons. The van der Waals surface area contributed by atoms with E-state index in [2.05, 4.69) is 26.1 Å². The molecule has 2 saturated heterocycles. The topological polar surface area (TPSA) is 119 Å². The zero-order chi connectivity index (χ0) is 24.4. The molecule has 0 bridgehead atoms.